The zero-order valence-corrected chi connectivity index (χ0v) is 12.3. The largest absolute Gasteiger partial charge is 0.367 e. The summed E-state index contributed by atoms with van der Waals surface area (Å²) >= 11 is 0. The number of nitrogens with zero attached hydrogens (tertiary/aromatic N) is 3. The maximum Gasteiger partial charge on any atom is 0.229 e. The summed E-state index contributed by atoms with van der Waals surface area (Å²) in [5.41, 5.74) is 0. The minimum absolute atomic E-state index is 0.0506. The van der Waals surface area contributed by atoms with E-state index in [0.717, 1.165) is 51.5 Å². The van der Waals surface area contributed by atoms with Crippen LogP contribution < -0.4 is 5.32 Å². The molecule has 0 aliphatic carbocycles. The number of nitrogens with one attached hydrogen (secondary N) is 1. The lowest BCUT2D eigenvalue weighted by molar-refractivity contribution is -0.0450. The van der Waals surface area contributed by atoms with Crippen molar-refractivity contribution in [3.05, 3.63) is 11.7 Å². The highest BCUT2D eigenvalue weighted by molar-refractivity contribution is 5.00. The van der Waals surface area contributed by atoms with Gasteiger partial charge in [-0.3, -0.25) is 4.90 Å². The number of hydrogen-bond acceptors (Lipinski definition) is 6. The predicted octanol–water partition coefficient (Wildman–Crippen LogP) is 1.32. The molecule has 6 heteroatoms. The number of ether oxygens (including phenoxy) is 1. The average molecular weight is 280 g/mol. The van der Waals surface area contributed by atoms with Gasteiger partial charge in [-0.05, 0) is 39.8 Å². The third kappa shape index (κ3) is 3.02. The molecular formula is C14H24N4O2. The van der Waals surface area contributed by atoms with Gasteiger partial charge in [-0.2, -0.15) is 4.98 Å². The van der Waals surface area contributed by atoms with Gasteiger partial charge in [0, 0.05) is 25.0 Å². The maximum atomic E-state index is 5.81. The van der Waals surface area contributed by atoms with Crippen LogP contribution in [-0.4, -0.2) is 53.9 Å². The van der Waals surface area contributed by atoms with Crippen molar-refractivity contribution in [2.45, 2.75) is 44.8 Å². The van der Waals surface area contributed by atoms with E-state index in [1.165, 1.54) is 0 Å². The van der Waals surface area contributed by atoms with Crippen molar-refractivity contribution in [3.63, 3.8) is 0 Å². The van der Waals surface area contributed by atoms with E-state index in [0.29, 0.717) is 17.8 Å². The Hall–Kier alpha value is -0.980. The minimum atomic E-state index is -0.0506. The monoisotopic (exact) mass is 280 g/mol. The van der Waals surface area contributed by atoms with Crippen LogP contribution in [0.2, 0.25) is 0 Å². The Bertz CT molecular complexity index is 429. The molecule has 0 aromatic carbocycles. The second-order valence-corrected chi connectivity index (χ2v) is 5.96. The molecule has 0 spiro atoms. The summed E-state index contributed by atoms with van der Waals surface area (Å²) in [6.07, 6.45) is 2.10. The molecule has 1 atom stereocenters. The first-order valence-corrected chi connectivity index (χ1v) is 7.64. The van der Waals surface area contributed by atoms with Crippen molar-refractivity contribution in [1.29, 1.82) is 0 Å². The van der Waals surface area contributed by atoms with E-state index in [1.54, 1.807) is 0 Å². The average Bonchev–Trinajstić information content (AvgIpc) is 2.98. The molecular weight excluding hydrogens is 256 g/mol. The van der Waals surface area contributed by atoms with Gasteiger partial charge in [0.2, 0.25) is 11.7 Å². The fourth-order valence-electron chi connectivity index (χ4n) is 2.91. The van der Waals surface area contributed by atoms with Crippen LogP contribution in [0.5, 0.6) is 0 Å². The lowest BCUT2D eigenvalue weighted by atomic mass is 9.98. The molecule has 3 rings (SSSR count). The molecule has 20 heavy (non-hydrogen) atoms. The van der Waals surface area contributed by atoms with Gasteiger partial charge in [0.25, 0.3) is 0 Å². The Morgan fingerprint density at radius 3 is 2.85 bits per heavy atom. The third-order valence-electron chi connectivity index (χ3n) is 4.26. The van der Waals surface area contributed by atoms with Gasteiger partial charge < -0.3 is 14.6 Å². The van der Waals surface area contributed by atoms with E-state index in [2.05, 4.69) is 34.2 Å². The molecule has 112 valence electrons. The van der Waals surface area contributed by atoms with Crippen molar-refractivity contribution < 1.29 is 9.26 Å². The molecule has 2 saturated heterocycles. The van der Waals surface area contributed by atoms with Gasteiger partial charge in [-0.1, -0.05) is 5.16 Å². The van der Waals surface area contributed by atoms with Crippen LogP contribution in [0.25, 0.3) is 0 Å². The van der Waals surface area contributed by atoms with Crippen molar-refractivity contribution in [2.75, 3.05) is 32.8 Å². The van der Waals surface area contributed by atoms with Crippen molar-refractivity contribution >= 4 is 0 Å². The summed E-state index contributed by atoms with van der Waals surface area (Å²) in [6.45, 7) is 9.04. The number of piperidine rings is 1. The Balaban J connectivity index is 1.66. The van der Waals surface area contributed by atoms with E-state index in [9.17, 15) is 0 Å². The van der Waals surface area contributed by atoms with Crippen LogP contribution >= 0.6 is 0 Å². The summed E-state index contributed by atoms with van der Waals surface area (Å²) in [5.74, 6) is 1.90. The highest BCUT2D eigenvalue weighted by Crippen LogP contribution is 2.26. The quantitative estimate of drug-likeness (QED) is 0.901. The van der Waals surface area contributed by atoms with Gasteiger partial charge in [-0.15, -0.1) is 0 Å². The van der Waals surface area contributed by atoms with Crippen LogP contribution in [-0.2, 0) is 4.74 Å². The lowest BCUT2D eigenvalue weighted by Crippen LogP contribution is -2.42. The van der Waals surface area contributed by atoms with E-state index >= 15 is 0 Å². The Morgan fingerprint density at radius 1 is 1.30 bits per heavy atom. The smallest absolute Gasteiger partial charge is 0.229 e. The summed E-state index contributed by atoms with van der Waals surface area (Å²) in [5, 5.41) is 7.50. The van der Waals surface area contributed by atoms with Gasteiger partial charge in [-0.25, -0.2) is 0 Å². The van der Waals surface area contributed by atoms with Crippen molar-refractivity contribution in [1.82, 2.24) is 20.4 Å². The first kappa shape index (κ1) is 14.0. The molecule has 6 nitrogen and oxygen atoms in total. The molecule has 1 aromatic heterocycles. The van der Waals surface area contributed by atoms with Crippen LogP contribution in [0.4, 0.5) is 0 Å². The van der Waals surface area contributed by atoms with Crippen molar-refractivity contribution in [3.8, 4) is 0 Å². The Kier molecular flexibility index (Phi) is 4.33. The Morgan fingerprint density at radius 2 is 2.10 bits per heavy atom. The number of hydrogen-bond donors (Lipinski definition) is 1. The summed E-state index contributed by atoms with van der Waals surface area (Å²) in [4.78, 5) is 6.99. The zero-order valence-electron chi connectivity index (χ0n) is 12.3. The van der Waals surface area contributed by atoms with Gasteiger partial charge in [0.05, 0.1) is 6.61 Å². The van der Waals surface area contributed by atoms with E-state index in [4.69, 9.17) is 9.26 Å². The topological polar surface area (TPSA) is 63.4 Å². The van der Waals surface area contributed by atoms with Crippen LogP contribution in [0.15, 0.2) is 4.52 Å². The zero-order chi connectivity index (χ0) is 13.9. The number of rotatable bonds is 3. The molecule has 0 saturated carbocycles. The predicted molar refractivity (Wildman–Crippen MR) is 74.5 cm³/mol. The molecule has 0 amide bonds. The van der Waals surface area contributed by atoms with Gasteiger partial charge in [0.15, 0.2) is 0 Å². The summed E-state index contributed by atoms with van der Waals surface area (Å²) < 4.78 is 11.3. The molecule has 2 aliphatic rings. The third-order valence-corrected chi connectivity index (χ3v) is 4.26. The maximum absolute atomic E-state index is 5.81. The molecule has 1 aromatic rings. The molecule has 0 radical (unpaired) electrons. The van der Waals surface area contributed by atoms with E-state index < -0.39 is 0 Å². The standard InChI is InChI=1S/C14H24N4O2/c1-10(2)18-7-8-19-12(9-18)13-16-14(20-17-13)11-3-5-15-6-4-11/h10-12,15H,3-9H2,1-2H3. The van der Waals surface area contributed by atoms with E-state index in [-0.39, 0.29) is 6.10 Å². The minimum Gasteiger partial charge on any atom is -0.367 e. The summed E-state index contributed by atoms with van der Waals surface area (Å²) in [6, 6.07) is 0.525. The highest BCUT2D eigenvalue weighted by Gasteiger charge is 2.29. The van der Waals surface area contributed by atoms with Gasteiger partial charge in [0.1, 0.15) is 6.10 Å². The molecule has 1 unspecified atom stereocenters. The van der Waals surface area contributed by atoms with Crippen LogP contribution in [0.3, 0.4) is 0 Å². The molecule has 2 aliphatic heterocycles. The summed E-state index contributed by atoms with van der Waals surface area (Å²) in [7, 11) is 0. The Labute approximate surface area is 119 Å². The normalized spacial score (nSPS) is 26.2. The lowest BCUT2D eigenvalue weighted by Gasteiger charge is -2.34. The van der Waals surface area contributed by atoms with E-state index in [1.807, 2.05) is 0 Å². The fraction of sp³-hybridized carbons (Fsp3) is 0.857. The second kappa shape index (κ2) is 6.20. The van der Waals surface area contributed by atoms with Gasteiger partial charge >= 0.3 is 0 Å². The number of aromatic nitrogens is 2. The molecule has 2 fully saturated rings. The molecule has 3 heterocycles. The van der Waals surface area contributed by atoms with Crippen molar-refractivity contribution in [2.24, 2.45) is 0 Å². The first-order chi connectivity index (χ1) is 9.74. The van der Waals surface area contributed by atoms with Crippen LogP contribution in [0.1, 0.15) is 50.4 Å². The van der Waals surface area contributed by atoms with Crippen LogP contribution in [0, 0.1) is 0 Å². The SMILES string of the molecule is CC(C)N1CCOC(c2noc(C3CCNCC3)n2)C1. The first-order valence-electron chi connectivity index (χ1n) is 7.64. The number of morpholine rings is 1. The second-order valence-electron chi connectivity index (χ2n) is 5.96. The fourth-order valence-corrected chi connectivity index (χ4v) is 2.91. The molecule has 1 N–H and O–H groups in total. The molecule has 0 bridgehead atoms. The highest BCUT2D eigenvalue weighted by atomic mass is 16.5.